The number of nitrogens with two attached hydrogens (primary N) is 1. The van der Waals surface area contributed by atoms with Gasteiger partial charge in [0, 0.05) is 10.5 Å². The van der Waals surface area contributed by atoms with Gasteiger partial charge in [-0.25, -0.2) is 4.98 Å². The van der Waals surface area contributed by atoms with Gasteiger partial charge in [0.25, 0.3) is 5.22 Å². The number of nitrogen functional groups attached to an aromatic ring is 1. The van der Waals surface area contributed by atoms with Gasteiger partial charge in [-0.3, -0.25) is 5.41 Å². The van der Waals surface area contributed by atoms with Crippen molar-refractivity contribution in [2.75, 3.05) is 0 Å². The molecule has 0 spiro atoms. The Morgan fingerprint density at radius 3 is 2.60 bits per heavy atom. The minimum Gasteiger partial charge on any atom is -0.439 e. The Hall–Kier alpha value is -1.96. The maximum atomic E-state index is 12.8. The number of rotatable bonds is 3. The molecule has 0 aliphatic rings. The van der Waals surface area contributed by atoms with Crippen molar-refractivity contribution in [3.8, 4) is 0 Å². The lowest BCUT2D eigenvalue weighted by atomic mass is 10.1. The van der Waals surface area contributed by atoms with Crippen molar-refractivity contribution < 1.29 is 17.6 Å². The SMILES string of the molecule is Cc1coc(Sc2ccc(C(F)(F)F)c(C(=N)N)c2)n1. The normalized spacial score (nSPS) is 11.6. The van der Waals surface area contributed by atoms with Gasteiger partial charge in [-0.2, -0.15) is 13.2 Å². The van der Waals surface area contributed by atoms with E-state index in [2.05, 4.69) is 4.98 Å². The van der Waals surface area contributed by atoms with Gasteiger partial charge in [-0.05, 0) is 36.9 Å². The molecule has 0 aliphatic carbocycles. The van der Waals surface area contributed by atoms with Crippen molar-refractivity contribution >= 4 is 17.6 Å². The Balaban J connectivity index is 2.38. The number of alkyl halides is 3. The van der Waals surface area contributed by atoms with Crippen molar-refractivity contribution in [3.05, 3.63) is 41.3 Å². The van der Waals surface area contributed by atoms with Gasteiger partial charge in [-0.15, -0.1) is 0 Å². The highest BCUT2D eigenvalue weighted by molar-refractivity contribution is 7.99. The van der Waals surface area contributed by atoms with Crippen LogP contribution in [0.5, 0.6) is 0 Å². The molecule has 1 heterocycles. The van der Waals surface area contributed by atoms with Crippen LogP contribution < -0.4 is 5.73 Å². The molecule has 1 aromatic heterocycles. The number of nitrogens with zero attached hydrogens (tertiary/aromatic N) is 1. The molecular formula is C12H10F3N3OS. The van der Waals surface area contributed by atoms with Crippen LogP contribution in [0.1, 0.15) is 16.8 Å². The largest absolute Gasteiger partial charge is 0.439 e. The zero-order valence-electron chi connectivity index (χ0n) is 10.3. The van der Waals surface area contributed by atoms with Crippen molar-refractivity contribution in [1.82, 2.24) is 4.98 Å². The Morgan fingerprint density at radius 1 is 1.40 bits per heavy atom. The maximum absolute atomic E-state index is 12.8. The van der Waals surface area contributed by atoms with Gasteiger partial charge < -0.3 is 10.2 Å². The molecule has 3 N–H and O–H groups in total. The summed E-state index contributed by atoms with van der Waals surface area (Å²) in [6.45, 7) is 1.74. The standard InChI is InChI=1S/C12H10F3N3OS/c1-6-5-19-11(18-6)20-7-2-3-9(12(13,14)15)8(4-7)10(16)17/h2-5H,1H3,(H3,16,17). The Morgan fingerprint density at radius 2 is 2.10 bits per heavy atom. The summed E-state index contributed by atoms with van der Waals surface area (Å²) in [5.74, 6) is -0.636. The number of benzene rings is 1. The molecular weight excluding hydrogens is 291 g/mol. The number of aryl methyl sites for hydroxylation is 1. The first-order valence-electron chi connectivity index (χ1n) is 5.43. The van der Waals surface area contributed by atoms with Crippen LogP contribution >= 0.6 is 11.8 Å². The predicted octanol–water partition coefficient (Wildman–Crippen LogP) is 3.44. The van der Waals surface area contributed by atoms with Crippen LogP contribution in [0.2, 0.25) is 0 Å². The van der Waals surface area contributed by atoms with E-state index in [0.717, 1.165) is 17.8 Å². The molecule has 0 fully saturated rings. The lowest BCUT2D eigenvalue weighted by Gasteiger charge is -2.12. The second-order valence-electron chi connectivity index (χ2n) is 3.98. The molecule has 2 aromatic rings. The fourth-order valence-corrected chi connectivity index (χ4v) is 2.34. The predicted molar refractivity (Wildman–Crippen MR) is 67.8 cm³/mol. The number of oxazole rings is 1. The third kappa shape index (κ3) is 3.13. The number of amidine groups is 1. The number of hydrogen-bond donors (Lipinski definition) is 2. The third-order valence-electron chi connectivity index (χ3n) is 2.39. The van der Waals surface area contributed by atoms with E-state index >= 15 is 0 Å². The van der Waals surface area contributed by atoms with Gasteiger partial charge in [0.15, 0.2) is 0 Å². The van der Waals surface area contributed by atoms with Crippen LogP contribution in [0, 0.1) is 12.3 Å². The van der Waals surface area contributed by atoms with E-state index in [1.54, 1.807) is 6.92 Å². The molecule has 20 heavy (non-hydrogen) atoms. The molecule has 0 radical (unpaired) electrons. The highest BCUT2D eigenvalue weighted by atomic mass is 32.2. The molecule has 0 saturated heterocycles. The van der Waals surface area contributed by atoms with Gasteiger partial charge >= 0.3 is 6.18 Å². The third-order valence-corrected chi connectivity index (χ3v) is 3.24. The number of aromatic nitrogens is 1. The Labute approximate surface area is 116 Å². The molecule has 1 aromatic carbocycles. The summed E-state index contributed by atoms with van der Waals surface area (Å²) in [6, 6.07) is 3.39. The van der Waals surface area contributed by atoms with Gasteiger partial charge in [-0.1, -0.05) is 0 Å². The second kappa shape index (κ2) is 5.20. The number of halogens is 3. The molecule has 0 bridgehead atoms. The van der Waals surface area contributed by atoms with E-state index in [1.807, 2.05) is 0 Å². The fraction of sp³-hybridized carbons (Fsp3) is 0.167. The van der Waals surface area contributed by atoms with E-state index in [9.17, 15) is 13.2 Å². The zero-order valence-corrected chi connectivity index (χ0v) is 11.1. The maximum Gasteiger partial charge on any atom is 0.417 e. The van der Waals surface area contributed by atoms with E-state index in [4.69, 9.17) is 15.6 Å². The van der Waals surface area contributed by atoms with E-state index in [0.29, 0.717) is 15.8 Å². The summed E-state index contributed by atoms with van der Waals surface area (Å²) in [4.78, 5) is 4.50. The summed E-state index contributed by atoms with van der Waals surface area (Å²) in [5.41, 5.74) is 4.60. The molecule has 106 valence electrons. The average Bonchev–Trinajstić information content (AvgIpc) is 2.73. The van der Waals surface area contributed by atoms with Crippen LogP contribution in [-0.2, 0) is 6.18 Å². The summed E-state index contributed by atoms with van der Waals surface area (Å²) >= 11 is 1.06. The lowest BCUT2D eigenvalue weighted by molar-refractivity contribution is -0.137. The van der Waals surface area contributed by atoms with Crippen LogP contribution in [0.3, 0.4) is 0 Å². The molecule has 8 heteroatoms. The monoisotopic (exact) mass is 301 g/mol. The first-order valence-corrected chi connectivity index (χ1v) is 6.24. The van der Waals surface area contributed by atoms with Gasteiger partial charge in [0.2, 0.25) is 0 Å². The smallest absolute Gasteiger partial charge is 0.417 e. The summed E-state index contributed by atoms with van der Waals surface area (Å²) in [6.07, 6.45) is -3.11. The van der Waals surface area contributed by atoms with Crippen molar-refractivity contribution in [2.24, 2.45) is 5.73 Å². The topological polar surface area (TPSA) is 75.9 Å². The molecule has 0 amide bonds. The highest BCUT2D eigenvalue weighted by Gasteiger charge is 2.34. The van der Waals surface area contributed by atoms with Gasteiger partial charge in [0.05, 0.1) is 11.3 Å². The van der Waals surface area contributed by atoms with Crippen molar-refractivity contribution in [3.63, 3.8) is 0 Å². The van der Waals surface area contributed by atoms with Crippen LogP contribution in [0.25, 0.3) is 0 Å². The molecule has 4 nitrogen and oxygen atoms in total. The van der Waals surface area contributed by atoms with Crippen molar-refractivity contribution in [1.29, 1.82) is 5.41 Å². The zero-order chi connectivity index (χ0) is 14.9. The lowest BCUT2D eigenvalue weighted by Crippen LogP contribution is -2.18. The average molecular weight is 301 g/mol. The molecule has 0 atom stereocenters. The summed E-state index contributed by atoms with van der Waals surface area (Å²) in [5, 5.41) is 7.58. The molecule has 2 rings (SSSR count). The molecule has 0 unspecified atom stereocenters. The van der Waals surface area contributed by atoms with E-state index < -0.39 is 17.6 Å². The number of hydrogen-bond acceptors (Lipinski definition) is 4. The van der Waals surface area contributed by atoms with Crippen LogP contribution in [-0.4, -0.2) is 10.8 Å². The highest BCUT2D eigenvalue weighted by Crippen LogP contribution is 2.35. The minimum atomic E-state index is -4.55. The fourth-order valence-electron chi connectivity index (χ4n) is 1.54. The van der Waals surface area contributed by atoms with Crippen molar-refractivity contribution in [2.45, 2.75) is 23.2 Å². The summed E-state index contributed by atoms with van der Waals surface area (Å²) < 4.78 is 43.5. The first-order chi connectivity index (χ1) is 9.27. The second-order valence-corrected chi connectivity index (χ2v) is 5.00. The Bertz CT molecular complexity index is 652. The molecule has 0 aliphatic heterocycles. The van der Waals surface area contributed by atoms with Crippen LogP contribution in [0.15, 0.2) is 39.0 Å². The first kappa shape index (κ1) is 14.4. The quantitative estimate of drug-likeness (QED) is 0.672. The van der Waals surface area contributed by atoms with E-state index in [1.165, 1.54) is 18.4 Å². The van der Waals surface area contributed by atoms with Crippen LogP contribution in [0.4, 0.5) is 13.2 Å². The molecule has 0 saturated carbocycles. The Kier molecular flexibility index (Phi) is 3.76. The minimum absolute atomic E-state index is 0.316. The number of nitrogens with one attached hydrogen (secondary N) is 1. The van der Waals surface area contributed by atoms with E-state index in [-0.39, 0.29) is 5.56 Å². The van der Waals surface area contributed by atoms with Gasteiger partial charge in [0.1, 0.15) is 12.1 Å². The summed E-state index contributed by atoms with van der Waals surface area (Å²) in [7, 11) is 0.